The highest BCUT2D eigenvalue weighted by Crippen LogP contribution is 2.29. The van der Waals surface area contributed by atoms with Crippen LogP contribution in [-0.2, 0) is 0 Å². The zero-order valence-electron chi connectivity index (χ0n) is 10.4. The van der Waals surface area contributed by atoms with Crippen molar-refractivity contribution in [1.29, 1.82) is 0 Å². The van der Waals surface area contributed by atoms with E-state index in [0.717, 1.165) is 24.8 Å². The van der Waals surface area contributed by atoms with Crippen molar-refractivity contribution >= 4 is 17.5 Å². The third-order valence-corrected chi connectivity index (χ3v) is 4.03. The minimum Gasteiger partial charge on any atom is -0.352 e. The fourth-order valence-corrected chi connectivity index (χ4v) is 2.72. The molecule has 2 unspecified atom stereocenters. The summed E-state index contributed by atoms with van der Waals surface area (Å²) < 4.78 is 13.5. The minimum atomic E-state index is -0.480. The van der Waals surface area contributed by atoms with E-state index in [1.54, 1.807) is 12.1 Å². The highest BCUT2D eigenvalue weighted by molar-refractivity contribution is 6.21. The third kappa shape index (κ3) is 3.02. The quantitative estimate of drug-likeness (QED) is 0.839. The molecule has 2 rings (SSSR count). The number of carbonyl (C=O) groups excluding carboxylic acids is 1. The van der Waals surface area contributed by atoms with Crippen LogP contribution in [0.25, 0.3) is 0 Å². The van der Waals surface area contributed by atoms with Gasteiger partial charge in [0.15, 0.2) is 0 Å². The van der Waals surface area contributed by atoms with Gasteiger partial charge in [-0.3, -0.25) is 4.79 Å². The van der Waals surface area contributed by atoms with Gasteiger partial charge in [-0.05, 0) is 37.8 Å². The number of aryl methyl sites for hydroxylation is 1. The summed E-state index contributed by atoms with van der Waals surface area (Å²) in [5, 5.41) is 2.91. The predicted octanol–water partition coefficient (Wildman–Crippen LogP) is 3.27. The van der Waals surface area contributed by atoms with E-state index in [9.17, 15) is 9.18 Å². The molecule has 2 atom stereocenters. The largest absolute Gasteiger partial charge is 0.352 e. The highest BCUT2D eigenvalue weighted by Gasteiger charge is 2.25. The van der Waals surface area contributed by atoms with E-state index in [1.807, 2.05) is 6.92 Å². The Labute approximate surface area is 112 Å². The van der Waals surface area contributed by atoms with E-state index in [4.69, 9.17) is 11.6 Å². The molecule has 98 valence electrons. The zero-order chi connectivity index (χ0) is 13.1. The first kappa shape index (κ1) is 13.3. The molecule has 1 fully saturated rings. The van der Waals surface area contributed by atoms with Crippen LogP contribution in [-0.4, -0.2) is 17.8 Å². The summed E-state index contributed by atoms with van der Waals surface area (Å²) in [5.74, 6) is -0.526. The molecule has 18 heavy (non-hydrogen) atoms. The molecule has 4 heteroatoms. The van der Waals surface area contributed by atoms with Gasteiger partial charge in [0.1, 0.15) is 5.82 Å². The number of alkyl halides is 1. The fraction of sp³-hybridized carbons (Fsp3) is 0.500. The van der Waals surface area contributed by atoms with Crippen LogP contribution in [0.3, 0.4) is 0 Å². The standard InChI is InChI=1S/C14H17ClFNO/c1-9-5-6-13(16)11(7-9)14(18)17-8-10-3-2-4-12(10)15/h5-7,10,12H,2-4,8H2,1H3,(H,17,18). The first-order valence-electron chi connectivity index (χ1n) is 6.26. The number of carbonyl (C=O) groups is 1. The smallest absolute Gasteiger partial charge is 0.254 e. The van der Waals surface area contributed by atoms with Gasteiger partial charge in [0.2, 0.25) is 0 Å². The maximum atomic E-state index is 13.5. The van der Waals surface area contributed by atoms with Crippen LogP contribution in [0.2, 0.25) is 0 Å². The summed E-state index contributed by atoms with van der Waals surface area (Å²) in [7, 11) is 0. The Morgan fingerprint density at radius 2 is 2.28 bits per heavy atom. The first-order chi connectivity index (χ1) is 8.58. The molecular weight excluding hydrogens is 253 g/mol. The summed E-state index contributed by atoms with van der Waals surface area (Å²) in [6.45, 7) is 2.36. The number of amides is 1. The summed E-state index contributed by atoms with van der Waals surface area (Å²) >= 11 is 6.14. The number of hydrogen-bond donors (Lipinski definition) is 1. The van der Waals surface area contributed by atoms with Crippen LogP contribution >= 0.6 is 11.6 Å². The predicted molar refractivity (Wildman–Crippen MR) is 70.5 cm³/mol. The first-order valence-corrected chi connectivity index (χ1v) is 6.70. The fourth-order valence-electron chi connectivity index (χ4n) is 2.35. The third-order valence-electron chi connectivity index (χ3n) is 3.46. The number of halogens is 2. The maximum Gasteiger partial charge on any atom is 0.254 e. The lowest BCUT2D eigenvalue weighted by Crippen LogP contribution is -2.31. The molecular formula is C14H17ClFNO. The van der Waals surface area contributed by atoms with Crippen LogP contribution in [0.1, 0.15) is 35.2 Å². The second-order valence-electron chi connectivity index (χ2n) is 4.90. The summed E-state index contributed by atoms with van der Waals surface area (Å²) in [6.07, 6.45) is 3.14. The van der Waals surface area contributed by atoms with Crippen LogP contribution < -0.4 is 5.32 Å². The van der Waals surface area contributed by atoms with Gasteiger partial charge in [-0.1, -0.05) is 18.1 Å². The van der Waals surface area contributed by atoms with Gasteiger partial charge in [0.05, 0.1) is 5.56 Å². The lowest BCUT2D eigenvalue weighted by atomic mass is 10.1. The SMILES string of the molecule is Cc1ccc(F)c(C(=O)NCC2CCCC2Cl)c1. The van der Waals surface area contributed by atoms with Gasteiger partial charge >= 0.3 is 0 Å². The molecule has 0 saturated heterocycles. The maximum absolute atomic E-state index is 13.5. The van der Waals surface area contributed by atoms with Crippen molar-refractivity contribution in [3.8, 4) is 0 Å². The molecule has 1 amide bonds. The van der Waals surface area contributed by atoms with Gasteiger partial charge in [-0.2, -0.15) is 0 Å². The molecule has 1 aliphatic carbocycles. The van der Waals surface area contributed by atoms with E-state index in [-0.39, 0.29) is 16.8 Å². The number of nitrogens with one attached hydrogen (secondary N) is 1. The summed E-state index contributed by atoms with van der Waals surface area (Å²) in [6, 6.07) is 4.54. The molecule has 1 N–H and O–H groups in total. The molecule has 1 saturated carbocycles. The molecule has 0 spiro atoms. The zero-order valence-corrected chi connectivity index (χ0v) is 11.1. The molecule has 0 aromatic heterocycles. The van der Waals surface area contributed by atoms with Crippen molar-refractivity contribution in [2.24, 2.45) is 5.92 Å². The van der Waals surface area contributed by atoms with Gasteiger partial charge < -0.3 is 5.32 Å². The Morgan fingerprint density at radius 3 is 2.94 bits per heavy atom. The normalized spacial score (nSPS) is 23.1. The molecule has 1 aliphatic rings. The van der Waals surface area contributed by atoms with E-state index in [1.165, 1.54) is 6.07 Å². The van der Waals surface area contributed by atoms with Crippen LogP contribution in [0.15, 0.2) is 18.2 Å². The van der Waals surface area contributed by atoms with Crippen molar-refractivity contribution in [2.75, 3.05) is 6.54 Å². The average Bonchev–Trinajstić information content (AvgIpc) is 2.75. The minimum absolute atomic E-state index is 0.110. The van der Waals surface area contributed by atoms with Crippen molar-refractivity contribution in [3.05, 3.63) is 35.1 Å². The molecule has 0 bridgehead atoms. The van der Waals surface area contributed by atoms with Gasteiger partial charge in [-0.25, -0.2) is 4.39 Å². The van der Waals surface area contributed by atoms with Crippen molar-refractivity contribution < 1.29 is 9.18 Å². The Balaban J connectivity index is 1.97. The molecule has 2 nitrogen and oxygen atoms in total. The average molecular weight is 270 g/mol. The summed E-state index contributed by atoms with van der Waals surface area (Å²) in [5.41, 5.74) is 0.983. The van der Waals surface area contributed by atoms with Crippen molar-refractivity contribution in [1.82, 2.24) is 5.32 Å². The van der Waals surface area contributed by atoms with Crippen molar-refractivity contribution in [2.45, 2.75) is 31.6 Å². The Bertz CT molecular complexity index is 449. The van der Waals surface area contributed by atoms with Crippen LogP contribution in [0.5, 0.6) is 0 Å². The van der Waals surface area contributed by atoms with Crippen LogP contribution in [0.4, 0.5) is 4.39 Å². The van der Waals surface area contributed by atoms with E-state index < -0.39 is 5.82 Å². The molecule has 1 aromatic carbocycles. The van der Waals surface area contributed by atoms with Crippen LogP contribution in [0, 0.1) is 18.7 Å². The monoisotopic (exact) mass is 269 g/mol. The highest BCUT2D eigenvalue weighted by atomic mass is 35.5. The van der Waals surface area contributed by atoms with Gasteiger partial charge in [-0.15, -0.1) is 11.6 Å². The Kier molecular flexibility index (Phi) is 4.23. The topological polar surface area (TPSA) is 29.1 Å². The van der Waals surface area contributed by atoms with Gasteiger partial charge in [0.25, 0.3) is 5.91 Å². The van der Waals surface area contributed by atoms with E-state index in [0.29, 0.717) is 12.5 Å². The Hall–Kier alpha value is -1.09. The van der Waals surface area contributed by atoms with Gasteiger partial charge in [0, 0.05) is 11.9 Å². The summed E-state index contributed by atoms with van der Waals surface area (Å²) in [4.78, 5) is 11.9. The lowest BCUT2D eigenvalue weighted by Gasteiger charge is -2.14. The second kappa shape index (κ2) is 5.70. The Morgan fingerprint density at radius 1 is 1.50 bits per heavy atom. The molecule has 0 heterocycles. The number of hydrogen-bond acceptors (Lipinski definition) is 1. The molecule has 0 radical (unpaired) electrons. The van der Waals surface area contributed by atoms with Crippen molar-refractivity contribution in [3.63, 3.8) is 0 Å². The lowest BCUT2D eigenvalue weighted by molar-refractivity contribution is 0.0943. The molecule has 0 aliphatic heterocycles. The van der Waals surface area contributed by atoms with E-state index in [2.05, 4.69) is 5.32 Å². The molecule has 1 aromatic rings. The number of benzene rings is 1. The number of rotatable bonds is 3. The van der Waals surface area contributed by atoms with E-state index >= 15 is 0 Å². The second-order valence-corrected chi connectivity index (χ2v) is 5.46.